The topological polar surface area (TPSA) is 114 Å². The summed E-state index contributed by atoms with van der Waals surface area (Å²) in [5, 5.41) is 2.68. The van der Waals surface area contributed by atoms with Gasteiger partial charge < -0.3 is 10.1 Å². The summed E-state index contributed by atoms with van der Waals surface area (Å²) >= 11 is 2.58. The van der Waals surface area contributed by atoms with Crippen LogP contribution in [0.3, 0.4) is 0 Å². The second-order valence-electron chi connectivity index (χ2n) is 5.67. The number of anilines is 1. The third-order valence-corrected chi connectivity index (χ3v) is 6.70. The Balaban J connectivity index is 2.16. The second-order valence-corrected chi connectivity index (χ2v) is 9.54. The van der Waals surface area contributed by atoms with Gasteiger partial charge in [0, 0.05) is 4.88 Å². The summed E-state index contributed by atoms with van der Waals surface area (Å²) in [5.41, 5.74) is 0.0637. The largest absolute Gasteiger partial charge is 0.467 e. The first-order chi connectivity index (χ1) is 13.3. The third-order valence-electron chi connectivity index (χ3n) is 3.69. The van der Waals surface area contributed by atoms with Gasteiger partial charge >= 0.3 is 5.97 Å². The summed E-state index contributed by atoms with van der Waals surface area (Å²) in [6.07, 6.45) is 2.31. The molecule has 2 N–H and O–H groups in total. The number of nitrogens with one attached hydrogen (secondary N) is 2. The summed E-state index contributed by atoms with van der Waals surface area (Å²) in [6, 6.07) is 7.07. The highest BCUT2D eigenvalue weighted by Gasteiger charge is 2.25. The zero-order valence-corrected chi connectivity index (χ0v) is 18.0. The molecule has 0 aliphatic carbocycles. The average molecular weight is 444 g/mol. The Hall–Kier alpha value is -2.11. The standard InChI is InChI=1S/C17H21N3O5S3/c1-11-14(15(21)18-13(9-10-26-3)16(22)25-2)19-17(27-11)20-28(23,24)12-7-5-4-6-8-12/h4-8,13H,9-10H2,1-3H3,(H,18,21)(H,19,20). The van der Waals surface area contributed by atoms with Crippen LogP contribution in [0.5, 0.6) is 0 Å². The molecule has 8 nitrogen and oxygen atoms in total. The molecule has 0 saturated heterocycles. The van der Waals surface area contributed by atoms with Gasteiger partial charge in [-0.15, -0.1) is 11.3 Å². The van der Waals surface area contributed by atoms with Gasteiger partial charge in [-0.05, 0) is 37.5 Å². The molecule has 0 fully saturated rings. The Bertz CT molecular complexity index is 929. The van der Waals surface area contributed by atoms with Crippen LogP contribution in [0.1, 0.15) is 21.8 Å². The van der Waals surface area contributed by atoms with E-state index in [-0.39, 0.29) is 15.7 Å². The van der Waals surface area contributed by atoms with Crippen LogP contribution in [0.4, 0.5) is 5.13 Å². The highest BCUT2D eigenvalue weighted by molar-refractivity contribution is 7.98. The molecule has 1 atom stereocenters. The van der Waals surface area contributed by atoms with Crippen molar-refractivity contribution >= 4 is 50.1 Å². The molecule has 28 heavy (non-hydrogen) atoms. The minimum absolute atomic E-state index is 0.0637. The number of methoxy groups -OCH3 is 1. The number of thiazole rings is 1. The Morgan fingerprint density at radius 1 is 1.29 bits per heavy atom. The first kappa shape index (κ1) is 22.2. The number of hydrogen-bond acceptors (Lipinski definition) is 8. The predicted octanol–water partition coefficient (Wildman–Crippen LogP) is 2.28. The SMILES string of the molecule is COC(=O)C(CCSC)NC(=O)c1nc(NS(=O)(=O)c2ccccc2)sc1C. The van der Waals surface area contributed by atoms with Gasteiger partial charge in [-0.3, -0.25) is 9.52 Å². The van der Waals surface area contributed by atoms with E-state index in [9.17, 15) is 18.0 Å². The number of esters is 1. The van der Waals surface area contributed by atoms with E-state index in [1.54, 1.807) is 36.9 Å². The van der Waals surface area contributed by atoms with E-state index >= 15 is 0 Å². The van der Waals surface area contributed by atoms with Gasteiger partial charge in [0.15, 0.2) is 5.13 Å². The summed E-state index contributed by atoms with van der Waals surface area (Å²) in [5.74, 6) is -0.436. The lowest BCUT2D eigenvalue weighted by atomic mass is 10.2. The lowest BCUT2D eigenvalue weighted by Gasteiger charge is -2.15. The highest BCUT2D eigenvalue weighted by atomic mass is 32.2. The van der Waals surface area contributed by atoms with E-state index in [0.29, 0.717) is 17.1 Å². The van der Waals surface area contributed by atoms with Crippen LogP contribution in [0.2, 0.25) is 0 Å². The summed E-state index contributed by atoms with van der Waals surface area (Å²) in [6.45, 7) is 1.65. The van der Waals surface area contributed by atoms with Crippen molar-refractivity contribution in [2.24, 2.45) is 0 Å². The van der Waals surface area contributed by atoms with E-state index < -0.39 is 27.9 Å². The third kappa shape index (κ3) is 5.69. The monoisotopic (exact) mass is 443 g/mol. The molecule has 0 spiro atoms. The number of ether oxygens (including phenoxy) is 1. The normalized spacial score (nSPS) is 12.2. The first-order valence-electron chi connectivity index (χ1n) is 8.21. The summed E-state index contributed by atoms with van der Waals surface area (Å²) in [4.78, 5) is 29.1. The van der Waals surface area contributed by atoms with Crippen molar-refractivity contribution in [3.63, 3.8) is 0 Å². The maximum atomic E-state index is 12.5. The van der Waals surface area contributed by atoms with E-state index in [2.05, 4.69) is 15.0 Å². The van der Waals surface area contributed by atoms with E-state index in [0.717, 1.165) is 11.3 Å². The summed E-state index contributed by atoms with van der Waals surface area (Å²) < 4.78 is 31.9. The van der Waals surface area contributed by atoms with Crippen molar-refractivity contribution in [3.05, 3.63) is 40.9 Å². The van der Waals surface area contributed by atoms with Crippen molar-refractivity contribution in [3.8, 4) is 0 Å². The van der Waals surface area contributed by atoms with Gasteiger partial charge in [-0.1, -0.05) is 18.2 Å². The van der Waals surface area contributed by atoms with Crippen molar-refractivity contribution in [2.75, 3.05) is 23.8 Å². The zero-order valence-electron chi connectivity index (χ0n) is 15.6. The number of carbonyl (C=O) groups is 2. The molecule has 0 aliphatic heterocycles. The molecule has 152 valence electrons. The fraction of sp³-hybridized carbons (Fsp3) is 0.353. The van der Waals surface area contributed by atoms with E-state index in [4.69, 9.17) is 4.74 Å². The predicted molar refractivity (Wildman–Crippen MR) is 110 cm³/mol. The number of rotatable bonds is 9. The minimum atomic E-state index is -3.81. The van der Waals surface area contributed by atoms with Crippen molar-refractivity contribution in [1.82, 2.24) is 10.3 Å². The number of carbonyl (C=O) groups excluding carboxylic acids is 2. The van der Waals surface area contributed by atoms with E-state index in [1.165, 1.54) is 19.2 Å². The zero-order chi connectivity index (χ0) is 20.7. The maximum absolute atomic E-state index is 12.5. The maximum Gasteiger partial charge on any atom is 0.328 e. The molecular weight excluding hydrogens is 422 g/mol. The van der Waals surface area contributed by atoms with Crippen molar-refractivity contribution in [2.45, 2.75) is 24.3 Å². The molecular formula is C17H21N3O5S3. The molecule has 0 saturated carbocycles. The number of nitrogens with zero attached hydrogens (tertiary/aromatic N) is 1. The smallest absolute Gasteiger partial charge is 0.328 e. The molecule has 2 rings (SSSR count). The number of sulfonamides is 1. The molecule has 1 aromatic carbocycles. The number of aryl methyl sites for hydroxylation is 1. The van der Waals surface area contributed by atoms with Crippen LogP contribution in [-0.2, 0) is 19.6 Å². The summed E-state index contributed by atoms with van der Waals surface area (Å²) in [7, 11) is -2.55. The Morgan fingerprint density at radius 3 is 2.57 bits per heavy atom. The van der Waals surface area contributed by atoms with Crippen LogP contribution < -0.4 is 10.0 Å². The quantitative estimate of drug-likeness (QED) is 0.571. The van der Waals surface area contributed by atoms with E-state index in [1.807, 2.05) is 6.26 Å². The lowest BCUT2D eigenvalue weighted by molar-refractivity contribution is -0.142. The molecule has 1 unspecified atom stereocenters. The van der Waals surface area contributed by atoms with Crippen LogP contribution in [0, 0.1) is 6.92 Å². The molecule has 0 aliphatic rings. The molecule has 1 aromatic heterocycles. The van der Waals surface area contributed by atoms with Crippen molar-refractivity contribution < 1.29 is 22.7 Å². The number of amides is 1. The Kier molecular flexibility index (Phi) is 7.84. The van der Waals surface area contributed by atoms with Crippen LogP contribution in [0.15, 0.2) is 35.2 Å². The fourth-order valence-electron chi connectivity index (χ4n) is 2.28. The van der Waals surface area contributed by atoms with Gasteiger partial charge in [0.25, 0.3) is 15.9 Å². The fourth-order valence-corrected chi connectivity index (χ4v) is 4.82. The van der Waals surface area contributed by atoms with Crippen LogP contribution in [-0.4, -0.2) is 50.4 Å². The number of hydrogen-bond donors (Lipinski definition) is 2. The van der Waals surface area contributed by atoms with Crippen molar-refractivity contribution in [1.29, 1.82) is 0 Å². The Labute approximate surface area is 172 Å². The molecule has 1 heterocycles. The molecule has 11 heteroatoms. The first-order valence-corrected chi connectivity index (χ1v) is 11.9. The average Bonchev–Trinajstić information content (AvgIpc) is 3.04. The molecule has 2 aromatic rings. The number of thioether (sulfide) groups is 1. The van der Waals surface area contributed by atoms with Gasteiger partial charge in [0.05, 0.1) is 12.0 Å². The number of aromatic nitrogens is 1. The van der Waals surface area contributed by atoms with Crippen LogP contribution in [0.25, 0.3) is 0 Å². The minimum Gasteiger partial charge on any atom is -0.467 e. The Morgan fingerprint density at radius 2 is 1.96 bits per heavy atom. The molecule has 0 bridgehead atoms. The lowest BCUT2D eigenvalue weighted by Crippen LogP contribution is -2.42. The number of benzene rings is 1. The van der Waals surface area contributed by atoms with Gasteiger partial charge in [0.2, 0.25) is 0 Å². The molecule has 0 radical (unpaired) electrons. The van der Waals surface area contributed by atoms with Gasteiger partial charge in [-0.2, -0.15) is 11.8 Å². The highest BCUT2D eigenvalue weighted by Crippen LogP contribution is 2.25. The van der Waals surface area contributed by atoms with Gasteiger partial charge in [-0.25, -0.2) is 18.2 Å². The van der Waals surface area contributed by atoms with Gasteiger partial charge in [0.1, 0.15) is 11.7 Å². The van der Waals surface area contributed by atoms with Crippen LogP contribution >= 0.6 is 23.1 Å². The second kappa shape index (κ2) is 9.89. The molecule has 1 amide bonds.